The molecular formula is C18H27N3O3. The molecule has 1 aromatic carbocycles. The number of alkyl carbamates (subject to hydrolysis) is 1. The minimum absolute atomic E-state index is 0.0259. The van der Waals surface area contributed by atoms with Crippen LogP contribution < -0.4 is 5.32 Å². The number of nitrogens with one attached hydrogen (secondary N) is 1. The van der Waals surface area contributed by atoms with Crippen LogP contribution in [0.2, 0.25) is 0 Å². The summed E-state index contributed by atoms with van der Waals surface area (Å²) >= 11 is 0. The van der Waals surface area contributed by atoms with Crippen molar-refractivity contribution in [3.8, 4) is 0 Å². The molecule has 0 saturated carbocycles. The first-order valence-corrected chi connectivity index (χ1v) is 8.19. The molecule has 1 aliphatic rings. The molecule has 0 atom stereocenters. The number of fused-ring (bicyclic) bond motifs is 1. The van der Waals surface area contributed by atoms with Crippen LogP contribution in [0.1, 0.15) is 37.5 Å². The van der Waals surface area contributed by atoms with Crippen molar-refractivity contribution in [2.24, 2.45) is 0 Å². The van der Waals surface area contributed by atoms with Gasteiger partial charge in [0.1, 0.15) is 5.60 Å². The maximum absolute atomic E-state index is 12.1. The number of hydrogen-bond acceptors (Lipinski definition) is 3. The standard InChI is InChI=1S/C18H27N3O3/c1-18(2,3)24-16(22)19-11-13-6-7-14-8-9-21(12-15(14)10-13)17(23)20(4)5/h6-7,10H,8-9,11-12H2,1-5H3,(H,19,22). The van der Waals surface area contributed by atoms with E-state index in [1.165, 1.54) is 5.56 Å². The second-order valence-corrected chi connectivity index (χ2v) is 7.31. The average Bonchev–Trinajstić information content (AvgIpc) is 2.49. The first kappa shape index (κ1) is 18.1. The molecule has 1 N–H and O–H groups in total. The number of benzene rings is 1. The number of ether oxygens (including phenoxy) is 1. The summed E-state index contributed by atoms with van der Waals surface area (Å²) in [5.41, 5.74) is 2.89. The first-order valence-electron chi connectivity index (χ1n) is 8.19. The van der Waals surface area contributed by atoms with Crippen LogP contribution in [0.15, 0.2) is 18.2 Å². The molecule has 0 aliphatic carbocycles. The maximum atomic E-state index is 12.1. The van der Waals surface area contributed by atoms with Crippen molar-refractivity contribution in [1.29, 1.82) is 0 Å². The molecule has 0 aromatic heterocycles. The van der Waals surface area contributed by atoms with Crippen LogP contribution in [0, 0.1) is 0 Å². The number of urea groups is 1. The van der Waals surface area contributed by atoms with Gasteiger partial charge in [0.25, 0.3) is 0 Å². The zero-order valence-electron chi connectivity index (χ0n) is 15.2. The minimum Gasteiger partial charge on any atom is -0.444 e. The molecular weight excluding hydrogens is 306 g/mol. The van der Waals surface area contributed by atoms with E-state index in [9.17, 15) is 9.59 Å². The maximum Gasteiger partial charge on any atom is 0.407 e. The highest BCUT2D eigenvalue weighted by molar-refractivity contribution is 5.74. The Morgan fingerprint density at radius 1 is 1.25 bits per heavy atom. The lowest BCUT2D eigenvalue weighted by Crippen LogP contribution is -2.42. The van der Waals surface area contributed by atoms with Crippen LogP contribution in [0.4, 0.5) is 9.59 Å². The van der Waals surface area contributed by atoms with Crippen molar-refractivity contribution < 1.29 is 14.3 Å². The lowest BCUT2D eigenvalue weighted by molar-refractivity contribution is 0.0523. The molecule has 0 bridgehead atoms. The highest BCUT2D eigenvalue weighted by atomic mass is 16.6. The Labute approximate surface area is 143 Å². The highest BCUT2D eigenvalue weighted by Crippen LogP contribution is 2.21. The van der Waals surface area contributed by atoms with E-state index in [4.69, 9.17) is 4.74 Å². The number of carbonyl (C=O) groups is 2. The molecule has 1 aromatic rings. The second-order valence-electron chi connectivity index (χ2n) is 7.31. The van der Waals surface area contributed by atoms with Gasteiger partial charge < -0.3 is 19.9 Å². The van der Waals surface area contributed by atoms with E-state index in [0.29, 0.717) is 13.1 Å². The molecule has 0 fully saturated rings. The predicted octanol–water partition coefficient (Wildman–Crippen LogP) is 2.75. The summed E-state index contributed by atoms with van der Waals surface area (Å²) in [5.74, 6) is 0. The topological polar surface area (TPSA) is 61.9 Å². The van der Waals surface area contributed by atoms with Crippen molar-refractivity contribution >= 4 is 12.1 Å². The third kappa shape index (κ3) is 4.88. The van der Waals surface area contributed by atoms with Crippen molar-refractivity contribution in [3.63, 3.8) is 0 Å². The quantitative estimate of drug-likeness (QED) is 0.905. The third-order valence-corrected chi connectivity index (χ3v) is 3.77. The molecule has 132 valence electrons. The summed E-state index contributed by atoms with van der Waals surface area (Å²) in [7, 11) is 3.53. The summed E-state index contributed by atoms with van der Waals surface area (Å²) in [5, 5.41) is 2.76. The number of carbonyl (C=O) groups excluding carboxylic acids is 2. The Bertz CT molecular complexity index is 620. The van der Waals surface area contributed by atoms with E-state index in [1.54, 1.807) is 19.0 Å². The van der Waals surface area contributed by atoms with E-state index in [2.05, 4.69) is 17.4 Å². The molecule has 24 heavy (non-hydrogen) atoms. The van der Waals surface area contributed by atoms with Gasteiger partial charge in [-0.15, -0.1) is 0 Å². The molecule has 6 nitrogen and oxygen atoms in total. The number of nitrogens with zero attached hydrogens (tertiary/aromatic N) is 2. The van der Waals surface area contributed by atoms with E-state index >= 15 is 0 Å². The molecule has 0 unspecified atom stereocenters. The van der Waals surface area contributed by atoms with Crippen LogP contribution in [0.3, 0.4) is 0 Å². The lowest BCUT2D eigenvalue weighted by atomic mass is 9.97. The smallest absolute Gasteiger partial charge is 0.407 e. The fraction of sp³-hybridized carbons (Fsp3) is 0.556. The van der Waals surface area contributed by atoms with Gasteiger partial charge in [0, 0.05) is 33.7 Å². The Morgan fingerprint density at radius 2 is 1.96 bits per heavy atom. The van der Waals surface area contributed by atoms with Gasteiger partial charge in [0.2, 0.25) is 0 Å². The minimum atomic E-state index is -0.507. The monoisotopic (exact) mass is 333 g/mol. The van der Waals surface area contributed by atoms with Gasteiger partial charge in [-0.25, -0.2) is 9.59 Å². The normalized spacial score (nSPS) is 14.0. The largest absolute Gasteiger partial charge is 0.444 e. The van der Waals surface area contributed by atoms with Crippen molar-refractivity contribution in [2.75, 3.05) is 20.6 Å². The van der Waals surface area contributed by atoms with E-state index < -0.39 is 11.7 Å². The SMILES string of the molecule is CN(C)C(=O)N1CCc2ccc(CNC(=O)OC(C)(C)C)cc2C1. The molecule has 0 radical (unpaired) electrons. The Kier molecular flexibility index (Phi) is 5.36. The van der Waals surface area contributed by atoms with Gasteiger partial charge >= 0.3 is 12.1 Å². The van der Waals surface area contributed by atoms with E-state index in [-0.39, 0.29) is 6.03 Å². The highest BCUT2D eigenvalue weighted by Gasteiger charge is 2.22. The molecule has 2 rings (SSSR count). The molecule has 3 amide bonds. The summed E-state index contributed by atoms with van der Waals surface area (Å²) in [6, 6.07) is 6.18. The first-order chi connectivity index (χ1) is 11.2. The van der Waals surface area contributed by atoms with Crippen LogP contribution in [-0.4, -0.2) is 48.2 Å². The predicted molar refractivity (Wildman–Crippen MR) is 92.7 cm³/mol. The molecule has 1 aliphatic heterocycles. The van der Waals surface area contributed by atoms with E-state index in [0.717, 1.165) is 24.1 Å². The lowest BCUT2D eigenvalue weighted by Gasteiger charge is -2.31. The van der Waals surface area contributed by atoms with Gasteiger partial charge in [-0.3, -0.25) is 0 Å². The van der Waals surface area contributed by atoms with Crippen LogP contribution in [0.25, 0.3) is 0 Å². The summed E-state index contributed by atoms with van der Waals surface area (Å²) in [6.07, 6.45) is 0.430. The van der Waals surface area contributed by atoms with Crippen molar-refractivity contribution in [3.05, 3.63) is 34.9 Å². The van der Waals surface area contributed by atoms with Crippen LogP contribution >= 0.6 is 0 Å². The average molecular weight is 333 g/mol. The van der Waals surface area contributed by atoms with Crippen LogP contribution in [-0.2, 0) is 24.2 Å². The van der Waals surface area contributed by atoms with Gasteiger partial charge in [-0.1, -0.05) is 18.2 Å². The Hall–Kier alpha value is -2.24. The number of rotatable bonds is 2. The zero-order chi connectivity index (χ0) is 17.9. The molecule has 0 saturated heterocycles. The summed E-state index contributed by atoms with van der Waals surface area (Å²) in [6.45, 7) is 7.25. The van der Waals surface area contributed by atoms with Gasteiger partial charge in [-0.2, -0.15) is 0 Å². The van der Waals surface area contributed by atoms with Gasteiger partial charge in [0.15, 0.2) is 0 Å². The van der Waals surface area contributed by atoms with Gasteiger partial charge in [-0.05, 0) is 43.9 Å². The van der Waals surface area contributed by atoms with Crippen molar-refractivity contribution in [2.45, 2.75) is 45.9 Å². The summed E-state index contributed by atoms with van der Waals surface area (Å²) < 4.78 is 5.24. The van der Waals surface area contributed by atoms with E-state index in [1.807, 2.05) is 31.7 Å². The zero-order valence-corrected chi connectivity index (χ0v) is 15.2. The molecule has 1 heterocycles. The Balaban J connectivity index is 1.99. The van der Waals surface area contributed by atoms with Crippen molar-refractivity contribution in [1.82, 2.24) is 15.1 Å². The second kappa shape index (κ2) is 7.11. The number of amides is 3. The molecule has 6 heteroatoms. The molecule has 0 spiro atoms. The Morgan fingerprint density at radius 3 is 2.58 bits per heavy atom. The number of hydrogen-bond donors (Lipinski definition) is 1. The van der Waals surface area contributed by atoms with Gasteiger partial charge in [0.05, 0.1) is 0 Å². The fourth-order valence-corrected chi connectivity index (χ4v) is 2.65. The fourth-order valence-electron chi connectivity index (χ4n) is 2.65. The summed E-state index contributed by atoms with van der Waals surface area (Å²) in [4.78, 5) is 27.3. The van der Waals surface area contributed by atoms with Crippen LogP contribution in [0.5, 0.6) is 0 Å². The third-order valence-electron chi connectivity index (χ3n) is 3.77.